The van der Waals surface area contributed by atoms with E-state index in [1.54, 1.807) is 13.3 Å². The van der Waals surface area contributed by atoms with Crippen molar-refractivity contribution in [3.8, 4) is 11.4 Å². The number of hydrogen-bond acceptors (Lipinski definition) is 7. The van der Waals surface area contributed by atoms with E-state index in [1.165, 1.54) is 0 Å². The molecule has 9 heteroatoms. The van der Waals surface area contributed by atoms with E-state index < -0.39 is 0 Å². The molecule has 0 aliphatic carbocycles. The molecular formula is C27H32N8O. The summed E-state index contributed by atoms with van der Waals surface area (Å²) in [4.78, 5) is 33.1. The van der Waals surface area contributed by atoms with Gasteiger partial charge in [0.05, 0.1) is 28.1 Å². The van der Waals surface area contributed by atoms with Crippen molar-refractivity contribution in [2.75, 3.05) is 56.2 Å². The molecule has 0 spiro atoms. The number of fused-ring (bicyclic) bond motifs is 1. The molecule has 0 saturated carbocycles. The molecule has 0 radical (unpaired) electrons. The lowest BCUT2D eigenvalue weighted by Crippen LogP contribution is -2.44. The number of aromatic nitrogens is 3. The van der Waals surface area contributed by atoms with E-state index in [4.69, 9.17) is 10.7 Å². The number of hydrogen-bond donors (Lipinski definition) is 4. The molecule has 1 atom stereocenters. The molecule has 1 saturated heterocycles. The molecule has 5 rings (SSSR count). The third-order valence-corrected chi connectivity index (χ3v) is 6.77. The van der Waals surface area contributed by atoms with Gasteiger partial charge in [-0.25, -0.2) is 4.98 Å². The molecule has 1 fully saturated rings. The number of aliphatic imine (C=N–C) groups is 1. The van der Waals surface area contributed by atoms with Crippen LogP contribution in [0.2, 0.25) is 0 Å². The van der Waals surface area contributed by atoms with E-state index in [-0.39, 0.29) is 11.6 Å². The lowest BCUT2D eigenvalue weighted by molar-refractivity contribution is 0.313. The standard InChI is InChI=1S/C27H32N8O/c1-17(18-7-5-4-6-8-18)30-25-23(27(36)33-22(16-29-2)24(25)28)26-31-20-10-9-19(15-21(20)32-26)35-13-11-34(3)12-14-35/h4-10,15-17H,11-14,28H2,1-3H3,(H,31,32)(H2,30,33,36). The first-order chi connectivity index (χ1) is 17.4. The van der Waals surface area contributed by atoms with Gasteiger partial charge in [0.15, 0.2) is 0 Å². The number of H-pyrrole nitrogens is 2. The molecule has 3 heterocycles. The molecule has 1 aliphatic heterocycles. The summed E-state index contributed by atoms with van der Waals surface area (Å²) in [6.07, 6.45) is 1.56. The average Bonchev–Trinajstić information content (AvgIpc) is 3.30. The number of aromatic amines is 2. The zero-order valence-electron chi connectivity index (χ0n) is 20.9. The van der Waals surface area contributed by atoms with E-state index in [1.807, 2.05) is 43.3 Å². The fraction of sp³-hybridized carbons (Fsp3) is 0.296. The zero-order valence-corrected chi connectivity index (χ0v) is 20.9. The van der Waals surface area contributed by atoms with Crippen LogP contribution < -0.4 is 21.5 Å². The van der Waals surface area contributed by atoms with Crippen LogP contribution in [0, 0.1) is 0 Å². The van der Waals surface area contributed by atoms with Gasteiger partial charge in [-0.05, 0) is 37.7 Å². The van der Waals surface area contributed by atoms with Gasteiger partial charge in [-0.1, -0.05) is 30.3 Å². The molecule has 5 N–H and O–H groups in total. The number of likely N-dealkylation sites (N-methyl/N-ethyl adjacent to an activating group) is 1. The Kier molecular flexibility index (Phi) is 6.47. The highest BCUT2D eigenvalue weighted by Crippen LogP contribution is 2.34. The molecule has 1 unspecified atom stereocenters. The lowest BCUT2D eigenvalue weighted by Gasteiger charge is -2.34. The summed E-state index contributed by atoms with van der Waals surface area (Å²) in [7, 11) is 3.79. The van der Waals surface area contributed by atoms with Gasteiger partial charge < -0.3 is 30.8 Å². The minimum absolute atomic E-state index is 0.0892. The minimum Gasteiger partial charge on any atom is -0.395 e. The normalized spacial score (nSPS) is 15.6. The Labute approximate surface area is 210 Å². The fourth-order valence-corrected chi connectivity index (χ4v) is 4.66. The highest BCUT2D eigenvalue weighted by molar-refractivity contribution is 5.95. The maximum atomic E-state index is 13.3. The topological polar surface area (TPSA) is 118 Å². The monoisotopic (exact) mass is 484 g/mol. The highest BCUT2D eigenvalue weighted by Gasteiger charge is 2.22. The summed E-state index contributed by atoms with van der Waals surface area (Å²) < 4.78 is 0. The van der Waals surface area contributed by atoms with E-state index >= 15 is 0 Å². The number of piperazine rings is 1. The Morgan fingerprint density at radius 3 is 2.58 bits per heavy atom. The van der Waals surface area contributed by atoms with Gasteiger partial charge in [0, 0.05) is 51.2 Å². The van der Waals surface area contributed by atoms with Crippen molar-refractivity contribution < 1.29 is 0 Å². The van der Waals surface area contributed by atoms with Gasteiger partial charge in [-0.2, -0.15) is 0 Å². The predicted octanol–water partition coefficient (Wildman–Crippen LogP) is 3.47. The number of anilines is 3. The van der Waals surface area contributed by atoms with Crippen LogP contribution in [0.5, 0.6) is 0 Å². The van der Waals surface area contributed by atoms with Crippen LogP contribution in [0.3, 0.4) is 0 Å². The van der Waals surface area contributed by atoms with Crippen LogP contribution in [0.1, 0.15) is 24.2 Å². The van der Waals surface area contributed by atoms with Crippen LogP contribution in [0.15, 0.2) is 58.3 Å². The Hall–Kier alpha value is -4.11. The smallest absolute Gasteiger partial charge is 0.261 e. The summed E-state index contributed by atoms with van der Waals surface area (Å²) in [6, 6.07) is 16.1. The van der Waals surface area contributed by atoms with E-state index in [0.29, 0.717) is 28.5 Å². The second-order valence-corrected chi connectivity index (χ2v) is 9.27. The minimum atomic E-state index is -0.291. The zero-order chi connectivity index (χ0) is 25.2. The third-order valence-electron chi connectivity index (χ3n) is 6.77. The Balaban J connectivity index is 1.57. The summed E-state index contributed by atoms with van der Waals surface area (Å²) in [5.41, 5.74) is 11.9. The van der Waals surface area contributed by atoms with Crippen molar-refractivity contribution in [2.24, 2.45) is 4.99 Å². The first-order valence-electron chi connectivity index (χ1n) is 12.2. The van der Waals surface area contributed by atoms with Crippen LogP contribution >= 0.6 is 0 Å². The number of benzene rings is 2. The Morgan fingerprint density at radius 2 is 1.86 bits per heavy atom. The van der Waals surface area contributed by atoms with Crippen molar-refractivity contribution in [1.29, 1.82) is 0 Å². The van der Waals surface area contributed by atoms with Gasteiger partial charge in [0.2, 0.25) is 0 Å². The van der Waals surface area contributed by atoms with Crippen LogP contribution in [-0.4, -0.2) is 66.3 Å². The van der Waals surface area contributed by atoms with Gasteiger partial charge in [-0.3, -0.25) is 9.79 Å². The second-order valence-electron chi connectivity index (χ2n) is 9.27. The quantitative estimate of drug-likeness (QED) is 0.311. The maximum absolute atomic E-state index is 13.3. The van der Waals surface area contributed by atoms with E-state index in [2.05, 4.69) is 49.3 Å². The van der Waals surface area contributed by atoms with Crippen molar-refractivity contribution in [2.45, 2.75) is 13.0 Å². The molecule has 4 aromatic rings. The molecule has 9 nitrogen and oxygen atoms in total. The van der Waals surface area contributed by atoms with Crippen LogP contribution in [-0.2, 0) is 0 Å². The first kappa shape index (κ1) is 23.6. The molecule has 2 aromatic heterocycles. The third kappa shape index (κ3) is 4.57. The molecule has 36 heavy (non-hydrogen) atoms. The van der Waals surface area contributed by atoms with Crippen LogP contribution in [0.25, 0.3) is 22.4 Å². The van der Waals surface area contributed by atoms with E-state index in [0.717, 1.165) is 48.5 Å². The number of nitrogens with zero attached hydrogens (tertiary/aromatic N) is 4. The number of nitrogens with two attached hydrogens (primary N) is 1. The number of nitrogens with one attached hydrogen (secondary N) is 3. The Bertz CT molecular complexity index is 1450. The van der Waals surface area contributed by atoms with Crippen molar-refractivity contribution in [1.82, 2.24) is 19.9 Å². The molecule has 186 valence electrons. The number of pyridine rings is 1. The molecule has 0 bridgehead atoms. The second kappa shape index (κ2) is 9.87. The van der Waals surface area contributed by atoms with Crippen molar-refractivity contribution >= 4 is 34.3 Å². The predicted molar refractivity (Wildman–Crippen MR) is 148 cm³/mol. The van der Waals surface area contributed by atoms with Gasteiger partial charge in [0.25, 0.3) is 5.56 Å². The molecule has 2 aromatic carbocycles. The summed E-state index contributed by atoms with van der Waals surface area (Å²) in [5, 5.41) is 3.47. The average molecular weight is 485 g/mol. The maximum Gasteiger partial charge on any atom is 0.261 e. The van der Waals surface area contributed by atoms with Crippen molar-refractivity contribution in [3.05, 3.63) is 70.1 Å². The Morgan fingerprint density at radius 1 is 1.11 bits per heavy atom. The van der Waals surface area contributed by atoms with E-state index in [9.17, 15) is 4.79 Å². The van der Waals surface area contributed by atoms with Gasteiger partial charge in [0.1, 0.15) is 11.4 Å². The number of nitrogen functional groups attached to an aromatic ring is 1. The first-order valence-corrected chi connectivity index (χ1v) is 12.2. The molecule has 0 amide bonds. The van der Waals surface area contributed by atoms with Gasteiger partial charge >= 0.3 is 0 Å². The highest BCUT2D eigenvalue weighted by atomic mass is 16.1. The molecular weight excluding hydrogens is 452 g/mol. The van der Waals surface area contributed by atoms with Gasteiger partial charge in [-0.15, -0.1) is 0 Å². The summed E-state index contributed by atoms with van der Waals surface area (Å²) >= 11 is 0. The SMILES string of the molecule is CN=Cc1[nH]c(=O)c(-c2nc3ccc(N4CCN(C)CC4)cc3[nH]2)c(NC(C)c2ccccc2)c1N. The van der Waals surface area contributed by atoms with Crippen LogP contribution in [0.4, 0.5) is 17.1 Å². The number of rotatable bonds is 6. The van der Waals surface area contributed by atoms with Crippen molar-refractivity contribution in [3.63, 3.8) is 0 Å². The largest absolute Gasteiger partial charge is 0.395 e. The number of imidazole rings is 1. The lowest BCUT2D eigenvalue weighted by atomic mass is 10.1. The fourth-order valence-electron chi connectivity index (χ4n) is 4.66. The molecule has 1 aliphatic rings. The summed E-state index contributed by atoms with van der Waals surface area (Å²) in [6.45, 7) is 6.05. The summed E-state index contributed by atoms with van der Waals surface area (Å²) in [5.74, 6) is 0.469.